The minimum absolute atomic E-state index is 0.113. The number of hydrogen-bond donors (Lipinski definition) is 1. The first-order chi connectivity index (χ1) is 14.3. The predicted octanol–water partition coefficient (Wildman–Crippen LogP) is 4.20. The normalized spacial score (nSPS) is 18.0. The first kappa shape index (κ1) is 20.5. The first-order valence-corrected chi connectivity index (χ1v) is 11.2. The van der Waals surface area contributed by atoms with Crippen molar-refractivity contribution in [1.82, 2.24) is 15.2 Å². The van der Waals surface area contributed by atoms with Crippen LogP contribution in [0.5, 0.6) is 0 Å². The van der Waals surface area contributed by atoms with Gasteiger partial charge < -0.3 is 5.32 Å². The summed E-state index contributed by atoms with van der Waals surface area (Å²) in [6.45, 7) is 5.64. The molecule has 2 aliphatic rings. The summed E-state index contributed by atoms with van der Waals surface area (Å²) in [6.07, 6.45) is 4.39. The lowest BCUT2D eigenvalue weighted by Crippen LogP contribution is -2.48. The minimum atomic E-state index is -0.737. The molecule has 1 aliphatic heterocycles. The zero-order valence-electron chi connectivity index (χ0n) is 17.5. The number of carbonyl (C=O) groups excluding carboxylic acids is 3. The molecule has 2 heterocycles. The molecule has 2 aromatic rings. The van der Waals surface area contributed by atoms with Crippen molar-refractivity contribution in [3.63, 3.8) is 0 Å². The maximum Gasteiger partial charge on any atom is 0.325 e. The topological polar surface area (TPSA) is 82.6 Å². The van der Waals surface area contributed by atoms with E-state index in [1.807, 2.05) is 32.0 Å². The molecule has 158 valence electrons. The van der Waals surface area contributed by atoms with Gasteiger partial charge in [-0.1, -0.05) is 25.3 Å². The van der Waals surface area contributed by atoms with Crippen LogP contribution < -0.4 is 10.2 Å². The van der Waals surface area contributed by atoms with E-state index < -0.39 is 5.54 Å². The molecule has 7 nitrogen and oxygen atoms in total. The third-order valence-electron chi connectivity index (χ3n) is 6.07. The fourth-order valence-corrected chi connectivity index (χ4v) is 5.12. The summed E-state index contributed by atoms with van der Waals surface area (Å²) >= 11 is 1.33. The van der Waals surface area contributed by atoms with E-state index in [9.17, 15) is 14.4 Å². The average Bonchev–Trinajstić information content (AvgIpc) is 3.24. The predicted molar refractivity (Wildman–Crippen MR) is 116 cm³/mol. The van der Waals surface area contributed by atoms with Crippen LogP contribution in [0.4, 0.5) is 15.6 Å². The van der Waals surface area contributed by atoms with Gasteiger partial charge in [0.15, 0.2) is 5.13 Å². The number of amides is 4. The molecule has 1 N–H and O–H groups in total. The molecule has 1 saturated heterocycles. The van der Waals surface area contributed by atoms with Gasteiger partial charge in [0.2, 0.25) is 5.91 Å². The lowest BCUT2D eigenvalue weighted by atomic mass is 9.82. The van der Waals surface area contributed by atoms with Crippen LogP contribution >= 0.6 is 11.3 Å². The van der Waals surface area contributed by atoms with Crippen molar-refractivity contribution in [1.29, 1.82) is 0 Å². The molecule has 0 unspecified atom stereocenters. The molecule has 30 heavy (non-hydrogen) atoms. The summed E-state index contributed by atoms with van der Waals surface area (Å²) in [5.41, 5.74) is 2.85. The molecule has 0 atom stereocenters. The van der Waals surface area contributed by atoms with Gasteiger partial charge in [0.05, 0.1) is 17.9 Å². The van der Waals surface area contributed by atoms with Crippen LogP contribution in [0.3, 0.4) is 0 Å². The number of aryl methyl sites for hydroxylation is 2. The van der Waals surface area contributed by atoms with Crippen LogP contribution in [0.25, 0.3) is 0 Å². The number of carbonyl (C=O) groups is 3. The SMILES string of the molecule is CC(=O)N(c1ccc(C)c(C)c1)c1nc(CN2C(=O)NC3(CCCCC3)C2=O)cs1. The number of hydrogen-bond acceptors (Lipinski definition) is 5. The van der Waals surface area contributed by atoms with Crippen molar-refractivity contribution in [2.45, 2.75) is 65.0 Å². The highest BCUT2D eigenvalue weighted by molar-refractivity contribution is 7.14. The molecule has 1 aliphatic carbocycles. The van der Waals surface area contributed by atoms with Gasteiger partial charge in [-0.15, -0.1) is 11.3 Å². The molecule has 8 heteroatoms. The number of nitrogens with one attached hydrogen (secondary N) is 1. The number of thiazole rings is 1. The summed E-state index contributed by atoms with van der Waals surface area (Å²) in [4.78, 5) is 45.3. The zero-order chi connectivity index (χ0) is 21.5. The number of aromatic nitrogens is 1. The molecular formula is C22H26N4O3S. The molecule has 1 aromatic carbocycles. The Balaban J connectivity index is 1.56. The van der Waals surface area contributed by atoms with Crippen LogP contribution in [0.15, 0.2) is 23.6 Å². The standard InChI is InChI=1S/C22H26N4O3S/c1-14-7-8-18(11-15(14)2)26(16(3)27)21-23-17(13-30-21)12-25-19(28)22(24-20(25)29)9-5-4-6-10-22/h7-8,11,13H,4-6,9-10,12H2,1-3H3,(H,24,29). The maximum atomic E-state index is 13.0. The summed E-state index contributed by atoms with van der Waals surface area (Å²) < 4.78 is 0. The summed E-state index contributed by atoms with van der Waals surface area (Å²) in [7, 11) is 0. The lowest BCUT2D eigenvalue weighted by Gasteiger charge is -2.30. The molecule has 1 aromatic heterocycles. The van der Waals surface area contributed by atoms with E-state index in [0.717, 1.165) is 36.1 Å². The number of urea groups is 1. The van der Waals surface area contributed by atoms with E-state index in [4.69, 9.17) is 0 Å². The maximum absolute atomic E-state index is 13.0. The van der Waals surface area contributed by atoms with E-state index in [1.165, 1.54) is 23.2 Å². The van der Waals surface area contributed by atoms with E-state index >= 15 is 0 Å². The van der Waals surface area contributed by atoms with Gasteiger partial charge in [-0.25, -0.2) is 9.78 Å². The van der Waals surface area contributed by atoms with Crippen molar-refractivity contribution in [3.05, 3.63) is 40.4 Å². The number of imide groups is 1. The van der Waals surface area contributed by atoms with Crippen molar-refractivity contribution in [3.8, 4) is 0 Å². The van der Waals surface area contributed by atoms with Crippen LogP contribution in [0, 0.1) is 13.8 Å². The molecule has 2 fully saturated rings. The summed E-state index contributed by atoms with van der Waals surface area (Å²) in [5, 5.41) is 5.26. The van der Waals surface area contributed by atoms with Gasteiger partial charge in [-0.2, -0.15) is 0 Å². The van der Waals surface area contributed by atoms with Gasteiger partial charge in [0.1, 0.15) is 5.54 Å². The second kappa shape index (κ2) is 7.83. The van der Waals surface area contributed by atoms with Crippen molar-refractivity contribution >= 4 is 40.0 Å². The number of benzene rings is 1. The smallest absolute Gasteiger partial charge is 0.323 e. The first-order valence-electron chi connectivity index (χ1n) is 10.3. The van der Waals surface area contributed by atoms with E-state index in [0.29, 0.717) is 23.7 Å². The monoisotopic (exact) mass is 426 g/mol. The van der Waals surface area contributed by atoms with E-state index in [1.54, 1.807) is 10.3 Å². The zero-order valence-corrected chi connectivity index (χ0v) is 18.3. The van der Waals surface area contributed by atoms with Crippen LogP contribution in [0.2, 0.25) is 0 Å². The Morgan fingerprint density at radius 3 is 2.60 bits per heavy atom. The fourth-order valence-electron chi connectivity index (χ4n) is 4.24. The van der Waals surface area contributed by atoms with Crippen LogP contribution in [0.1, 0.15) is 55.8 Å². The Hall–Kier alpha value is -2.74. The van der Waals surface area contributed by atoms with Gasteiger partial charge >= 0.3 is 6.03 Å². The highest BCUT2D eigenvalue weighted by Gasteiger charge is 2.51. The molecular weight excluding hydrogens is 400 g/mol. The minimum Gasteiger partial charge on any atom is -0.323 e. The second-order valence-corrected chi connectivity index (χ2v) is 9.05. The van der Waals surface area contributed by atoms with Crippen LogP contribution in [-0.4, -0.2) is 33.3 Å². The molecule has 1 saturated carbocycles. The largest absolute Gasteiger partial charge is 0.325 e. The molecule has 4 amide bonds. The number of nitrogens with zero attached hydrogens (tertiary/aromatic N) is 3. The van der Waals surface area contributed by atoms with Crippen molar-refractivity contribution < 1.29 is 14.4 Å². The quantitative estimate of drug-likeness (QED) is 0.743. The third kappa shape index (κ3) is 3.60. The van der Waals surface area contributed by atoms with E-state index in [-0.39, 0.29) is 24.4 Å². The molecule has 0 radical (unpaired) electrons. The lowest BCUT2D eigenvalue weighted by molar-refractivity contribution is -0.132. The Morgan fingerprint density at radius 2 is 1.93 bits per heavy atom. The average molecular weight is 427 g/mol. The van der Waals surface area contributed by atoms with Gasteiger partial charge in [-0.3, -0.25) is 19.4 Å². The Labute approximate surface area is 180 Å². The second-order valence-electron chi connectivity index (χ2n) is 8.21. The van der Waals surface area contributed by atoms with Crippen molar-refractivity contribution in [2.24, 2.45) is 0 Å². The van der Waals surface area contributed by atoms with Gasteiger partial charge in [-0.05, 0) is 49.9 Å². The third-order valence-corrected chi connectivity index (χ3v) is 6.94. The highest BCUT2D eigenvalue weighted by Crippen LogP contribution is 2.35. The Morgan fingerprint density at radius 1 is 1.20 bits per heavy atom. The van der Waals surface area contributed by atoms with Gasteiger partial charge in [0.25, 0.3) is 5.91 Å². The number of rotatable bonds is 4. The molecule has 1 spiro atoms. The Bertz CT molecular complexity index is 1010. The van der Waals surface area contributed by atoms with Gasteiger partial charge in [0, 0.05) is 12.3 Å². The molecule has 4 rings (SSSR count). The highest BCUT2D eigenvalue weighted by atomic mass is 32.1. The van der Waals surface area contributed by atoms with Crippen molar-refractivity contribution in [2.75, 3.05) is 4.90 Å². The Kier molecular flexibility index (Phi) is 5.36. The summed E-state index contributed by atoms with van der Waals surface area (Å²) in [6, 6.07) is 5.48. The fraction of sp³-hybridized carbons (Fsp3) is 0.455. The van der Waals surface area contributed by atoms with E-state index in [2.05, 4.69) is 10.3 Å². The number of anilines is 2. The van der Waals surface area contributed by atoms with Crippen LogP contribution in [-0.2, 0) is 16.1 Å². The molecule has 0 bridgehead atoms. The summed E-state index contributed by atoms with van der Waals surface area (Å²) in [5.74, 6) is -0.297.